The maximum atomic E-state index is 12.6. The summed E-state index contributed by atoms with van der Waals surface area (Å²) in [6.45, 7) is 4.02. The van der Waals surface area contributed by atoms with Crippen molar-refractivity contribution < 1.29 is 24.3 Å². The van der Waals surface area contributed by atoms with Gasteiger partial charge < -0.3 is 24.6 Å². The van der Waals surface area contributed by atoms with Crippen LogP contribution in [0.25, 0.3) is 11.3 Å². The van der Waals surface area contributed by atoms with Gasteiger partial charge in [0.25, 0.3) is 0 Å². The molecule has 0 aliphatic carbocycles. The van der Waals surface area contributed by atoms with E-state index in [1.54, 1.807) is 29.8 Å². The van der Waals surface area contributed by atoms with Crippen LogP contribution in [0, 0.1) is 0 Å². The summed E-state index contributed by atoms with van der Waals surface area (Å²) in [5.74, 6) is -2.01. The van der Waals surface area contributed by atoms with Crippen LogP contribution >= 0.6 is 11.6 Å². The maximum Gasteiger partial charge on any atom is 0.339 e. The van der Waals surface area contributed by atoms with Crippen molar-refractivity contribution in [3.05, 3.63) is 52.9 Å². The number of aryl methyl sites for hydroxylation is 1. The van der Waals surface area contributed by atoms with Crippen molar-refractivity contribution in [2.24, 2.45) is 0 Å². The summed E-state index contributed by atoms with van der Waals surface area (Å²) in [6, 6.07) is 6.19. The van der Waals surface area contributed by atoms with Gasteiger partial charge in [0.1, 0.15) is 22.0 Å². The first kappa shape index (κ1) is 19.5. The van der Waals surface area contributed by atoms with Gasteiger partial charge in [-0.25, -0.2) is 4.79 Å². The van der Waals surface area contributed by atoms with Crippen LogP contribution in [0.2, 0.25) is 5.02 Å². The lowest BCUT2D eigenvalue weighted by Gasteiger charge is -2.10. The number of phenols is 1. The number of anilines is 1. The van der Waals surface area contributed by atoms with E-state index in [-0.39, 0.29) is 33.5 Å². The lowest BCUT2D eigenvalue weighted by molar-refractivity contribution is -0.117. The molecule has 0 saturated carbocycles. The van der Waals surface area contributed by atoms with Crippen LogP contribution in [0.5, 0.6) is 5.75 Å². The van der Waals surface area contributed by atoms with Crippen molar-refractivity contribution in [1.82, 2.24) is 9.72 Å². The predicted molar refractivity (Wildman–Crippen MR) is 103 cm³/mol. The lowest BCUT2D eigenvalue weighted by Crippen LogP contribution is -2.20. The Kier molecular flexibility index (Phi) is 5.41. The van der Waals surface area contributed by atoms with E-state index in [2.05, 4.69) is 10.5 Å². The summed E-state index contributed by atoms with van der Waals surface area (Å²) in [6.07, 6.45) is 3.01. The van der Waals surface area contributed by atoms with E-state index in [9.17, 15) is 19.8 Å². The molecule has 0 aliphatic rings. The van der Waals surface area contributed by atoms with Gasteiger partial charge in [0.15, 0.2) is 5.76 Å². The van der Waals surface area contributed by atoms with Crippen molar-refractivity contribution in [2.45, 2.75) is 26.3 Å². The highest BCUT2D eigenvalue weighted by atomic mass is 35.5. The first-order valence-corrected chi connectivity index (χ1v) is 8.88. The molecule has 2 heterocycles. The number of hydrogen-bond donors (Lipinski definition) is 3. The Morgan fingerprint density at radius 1 is 1.29 bits per heavy atom. The fourth-order valence-corrected chi connectivity index (χ4v) is 3.02. The molecule has 2 aromatic heterocycles. The third kappa shape index (κ3) is 3.72. The van der Waals surface area contributed by atoms with Crippen molar-refractivity contribution in [1.29, 1.82) is 0 Å². The van der Waals surface area contributed by atoms with Gasteiger partial charge in [0.2, 0.25) is 5.91 Å². The molecule has 0 saturated heterocycles. The second-order valence-corrected chi connectivity index (χ2v) is 6.57. The van der Waals surface area contributed by atoms with E-state index in [4.69, 9.17) is 16.1 Å². The van der Waals surface area contributed by atoms with Gasteiger partial charge in [-0.3, -0.25) is 4.79 Å². The zero-order chi connectivity index (χ0) is 20.4. The minimum absolute atomic E-state index is 0.00145. The second-order valence-electron chi connectivity index (χ2n) is 6.19. The molecule has 0 radical (unpaired) electrons. The van der Waals surface area contributed by atoms with Crippen molar-refractivity contribution >= 4 is 29.2 Å². The number of benzene rings is 1. The number of carboxylic acids is 1. The van der Waals surface area contributed by atoms with Crippen LogP contribution in [-0.4, -0.2) is 31.8 Å². The molecule has 0 spiro atoms. The number of rotatable bonds is 6. The molecule has 8 nitrogen and oxygen atoms in total. The molecule has 1 aromatic carbocycles. The first-order chi connectivity index (χ1) is 13.3. The van der Waals surface area contributed by atoms with Crippen LogP contribution < -0.4 is 5.32 Å². The zero-order valence-electron chi connectivity index (χ0n) is 15.1. The molecule has 1 atom stereocenters. The number of amides is 1. The molecule has 3 aromatic rings. The molecule has 0 fully saturated rings. The Hall–Kier alpha value is -3.26. The molecule has 0 bridgehead atoms. The molecule has 0 aliphatic heterocycles. The molecule has 3 rings (SSSR count). The fourth-order valence-electron chi connectivity index (χ4n) is 2.68. The average molecular weight is 404 g/mol. The third-order valence-electron chi connectivity index (χ3n) is 4.33. The average Bonchev–Trinajstić information content (AvgIpc) is 3.25. The Bertz CT molecular complexity index is 1020. The summed E-state index contributed by atoms with van der Waals surface area (Å²) < 4.78 is 6.95. The molecule has 3 N–H and O–H groups in total. The van der Waals surface area contributed by atoms with E-state index in [1.165, 1.54) is 18.3 Å². The van der Waals surface area contributed by atoms with Crippen LogP contribution in [0.15, 0.2) is 41.2 Å². The Balaban J connectivity index is 1.84. The standard InChI is InChI=1S/C19H18ClN3O5/c1-3-23-8-13(19(26)27)14(9-23)21-18(25)10(2)16-15(20)17(28-22-16)11-4-6-12(24)7-5-11/h4-10,24H,3H2,1-2H3,(H,21,25)(H,26,27). The summed E-state index contributed by atoms with van der Waals surface area (Å²) in [4.78, 5) is 24.0. The highest BCUT2D eigenvalue weighted by molar-refractivity contribution is 6.33. The van der Waals surface area contributed by atoms with Crippen molar-refractivity contribution in [3.8, 4) is 17.1 Å². The number of carboxylic acid groups (broad SMARTS) is 1. The number of carbonyl (C=O) groups is 2. The molecular weight excluding hydrogens is 386 g/mol. The smallest absolute Gasteiger partial charge is 0.339 e. The molecule has 28 heavy (non-hydrogen) atoms. The number of phenolic OH excluding ortho intramolecular Hbond substituents is 1. The van der Waals surface area contributed by atoms with E-state index in [0.717, 1.165) is 0 Å². The van der Waals surface area contributed by atoms with E-state index in [1.807, 2.05) is 6.92 Å². The zero-order valence-corrected chi connectivity index (χ0v) is 15.9. The lowest BCUT2D eigenvalue weighted by atomic mass is 10.0. The molecule has 1 unspecified atom stereocenters. The molecule has 146 valence electrons. The number of aromatic hydroxyl groups is 1. The number of nitrogens with one attached hydrogen (secondary N) is 1. The number of hydrogen-bond acceptors (Lipinski definition) is 5. The molecule has 9 heteroatoms. The summed E-state index contributed by atoms with van der Waals surface area (Å²) in [5.41, 5.74) is 1.03. The monoisotopic (exact) mass is 403 g/mol. The van der Waals surface area contributed by atoms with Crippen molar-refractivity contribution in [2.75, 3.05) is 5.32 Å². The number of aromatic nitrogens is 2. The highest BCUT2D eigenvalue weighted by Gasteiger charge is 2.27. The van der Waals surface area contributed by atoms with Crippen LogP contribution in [-0.2, 0) is 11.3 Å². The van der Waals surface area contributed by atoms with E-state index < -0.39 is 17.8 Å². The van der Waals surface area contributed by atoms with Gasteiger partial charge in [-0.05, 0) is 38.1 Å². The van der Waals surface area contributed by atoms with Gasteiger partial charge in [0.05, 0.1) is 11.6 Å². The Morgan fingerprint density at radius 3 is 2.57 bits per heavy atom. The van der Waals surface area contributed by atoms with Gasteiger partial charge in [-0.2, -0.15) is 0 Å². The van der Waals surface area contributed by atoms with Gasteiger partial charge in [-0.15, -0.1) is 0 Å². The molecular formula is C19H18ClN3O5. The topological polar surface area (TPSA) is 118 Å². The highest BCUT2D eigenvalue weighted by Crippen LogP contribution is 2.35. The summed E-state index contributed by atoms with van der Waals surface area (Å²) >= 11 is 6.35. The number of carbonyl (C=O) groups excluding carboxylic acids is 1. The quantitative estimate of drug-likeness (QED) is 0.573. The number of halogens is 1. The Labute approximate surface area is 165 Å². The second kappa shape index (κ2) is 7.77. The van der Waals surface area contributed by atoms with Crippen molar-refractivity contribution in [3.63, 3.8) is 0 Å². The van der Waals surface area contributed by atoms with E-state index >= 15 is 0 Å². The number of aromatic carboxylic acids is 1. The van der Waals surface area contributed by atoms with Crippen LogP contribution in [0.3, 0.4) is 0 Å². The van der Waals surface area contributed by atoms with Gasteiger partial charge in [0, 0.05) is 24.5 Å². The van der Waals surface area contributed by atoms with Gasteiger partial charge >= 0.3 is 5.97 Å². The molecule has 1 amide bonds. The SMILES string of the molecule is CCn1cc(NC(=O)C(C)c2noc(-c3ccc(O)cc3)c2Cl)c(C(=O)O)c1. The normalized spacial score (nSPS) is 12.0. The van der Waals surface area contributed by atoms with Crippen LogP contribution in [0.4, 0.5) is 5.69 Å². The number of nitrogens with zero attached hydrogens (tertiary/aromatic N) is 2. The summed E-state index contributed by atoms with van der Waals surface area (Å²) in [7, 11) is 0. The maximum absolute atomic E-state index is 12.6. The summed E-state index contributed by atoms with van der Waals surface area (Å²) in [5, 5.41) is 25.4. The fraction of sp³-hybridized carbons (Fsp3) is 0.211. The minimum Gasteiger partial charge on any atom is -0.508 e. The largest absolute Gasteiger partial charge is 0.508 e. The van der Waals surface area contributed by atoms with Crippen LogP contribution in [0.1, 0.15) is 35.8 Å². The minimum atomic E-state index is -1.13. The van der Waals surface area contributed by atoms with E-state index in [0.29, 0.717) is 12.1 Å². The third-order valence-corrected chi connectivity index (χ3v) is 4.69. The van der Waals surface area contributed by atoms with Gasteiger partial charge in [-0.1, -0.05) is 16.8 Å². The Morgan fingerprint density at radius 2 is 1.96 bits per heavy atom. The predicted octanol–water partition coefficient (Wildman–Crippen LogP) is 3.96. The first-order valence-electron chi connectivity index (χ1n) is 8.50.